The van der Waals surface area contributed by atoms with Crippen LogP contribution in [0.2, 0.25) is 0 Å². The topological polar surface area (TPSA) is 36.0 Å². The van der Waals surface area contributed by atoms with Gasteiger partial charge in [-0.3, -0.25) is 0 Å². The van der Waals surface area contributed by atoms with Crippen molar-refractivity contribution in [1.82, 2.24) is 4.98 Å². The minimum absolute atomic E-state index is 0.351. The van der Waals surface area contributed by atoms with Gasteiger partial charge in [0.1, 0.15) is 5.75 Å². The minimum atomic E-state index is 0.351. The monoisotopic (exact) mass is 133 g/mol. The highest BCUT2D eigenvalue weighted by atomic mass is 16.3. The van der Waals surface area contributed by atoms with Gasteiger partial charge in [-0.1, -0.05) is 0 Å². The fourth-order valence-electron chi connectivity index (χ4n) is 1.07. The Morgan fingerprint density at radius 3 is 2.90 bits per heavy atom. The summed E-state index contributed by atoms with van der Waals surface area (Å²) in [5.41, 5.74) is 1.94. The molecule has 0 unspecified atom stereocenters. The normalized spacial score (nSPS) is 10.4. The molecular weight excluding hydrogens is 126 g/mol. The number of aromatic hydroxyl groups is 1. The van der Waals surface area contributed by atoms with Gasteiger partial charge in [0.05, 0.1) is 0 Å². The maximum Gasteiger partial charge on any atom is 0.123 e. The third-order valence-electron chi connectivity index (χ3n) is 1.59. The van der Waals surface area contributed by atoms with Crippen molar-refractivity contribution in [2.45, 2.75) is 0 Å². The fourth-order valence-corrected chi connectivity index (χ4v) is 1.07. The number of nitrogens with one attached hydrogen (secondary N) is 1. The van der Waals surface area contributed by atoms with E-state index in [2.05, 4.69) is 4.98 Å². The first-order valence-electron chi connectivity index (χ1n) is 3.12. The van der Waals surface area contributed by atoms with Crippen molar-refractivity contribution in [2.75, 3.05) is 0 Å². The molecule has 0 aromatic carbocycles. The Labute approximate surface area is 58.5 Å². The van der Waals surface area contributed by atoms with Crippen LogP contribution < -0.4 is 0 Å². The van der Waals surface area contributed by atoms with Crippen molar-refractivity contribution in [3.05, 3.63) is 30.6 Å². The molecule has 0 spiro atoms. The molecule has 1 aliphatic heterocycles. The lowest BCUT2D eigenvalue weighted by Crippen LogP contribution is -1.74. The molecule has 1 aliphatic carbocycles. The standard InChI is InChI=1S/C8H7NO/c10-8-2-1-6-5-9-4-3-7(6)8/h1-5,9-10H. The van der Waals surface area contributed by atoms with Gasteiger partial charge < -0.3 is 10.1 Å². The van der Waals surface area contributed by atoms with Crippen LogP contribution in [0.4, 0.5) is 0 Å². The summed E-state index contributed by atoms with van der Waals surface area (Å²) in [6, 6.07) is 5.42. The molecule has 0 saturated carbocycles. The number of aromatic amines is 1. The van der Waals surface area contributed by atoms with Gasteiger partial charge in [0.2, 0.25) is 0 Å². The zero-order chi connectivity index (χ0) is 6.97. The van der Waals surface area contributed by atoms with Gasteiger partial charge >= 0.3 is 0 Å². The molecule has 0 aromatic heterocycles. The van der Waals surface area contributed by atoms with Gasteiger partial charge in [0.15, 0.2) is 0 Å². The van der Waals surface area contributed by atoms with Crippen LogP contribution in [0.25, 0.3) is 11.1 Å². The highest BCUT2D eigenvalue weighted by molar-refractivity contribution is 5.72. The first-order chi connectivity index (χ1) is 4.88. The molecular formula is C8H7NO. The highest BCUT2D eigenvalue weighted by Crippen LogP contribution is 2.31. The highest BCUT2D eigenvalue weighted by Gasteiger charge is 2.05. The van der Waals surface area contributed by atoms with E-state index < -0.39 is 0 Å². The van der Waals surface area contributed by atoms with Crippen LogP contribution in [0.3, 0.4) is 0 Å². The Morgan fingerprint density at radius 2 is 2.10 bits per heavy atom. The van der Waals surface area contributed by atoms with Gasteiger partial charge in [0, 0.05) is 23.5 Å². The molecule has 2 N–H and O–H groups in total. The van der Waals surface area contributed by atoms with E-state index in [-0.39, 0.29) is 0 Å². The number of H-pyrrole nitrogens is 1. The van der Waals surface area contributed by atoms with E-state index in [4.69, 9.17) is 0 Å². The minimum Gasteiger partial charge on any atom is -0.507 e. The van der Waals surface area contributed by atoms with Gasteiger partial charge in [-0.05, 0) is 18.2 Å². The first kappa shape index (κ1) is 5.35. The third kappa shape index (κ3) is 0.589. The second kappa shape index (κ2) is 1.77. The summed E-state index contributed by atoms with van der Waals surface area (Å²) in [4.78, 5) is 2.94. The summed E-state index contributed by atoms with van der Waals surface area (Å²) < 4.78 is 0. The van der Waals surface area contributed by atoms with Crippen LogP contribution in [-0.4, -0.2) is 10.1 Å². The fraction of sp³-hybridized carbons (Fsp3) is 0. The molecule has 0 radical (unpaired) electrons. The molecule has 50 valence electrons. The number of aromatic nitrogens is 1. The number of hydrogen-bond donors (Lipinski definition) is 2. The third-order valence-corrected chi connectivity index (χ3v) is 1.59. The van der Waals surface area contributed by atoms with E-state index in [1.807, 2.05) is 18.3 Å². The predicted octanol–water partition coefficient (Wildman–Crippen LogP) is 1.83. The molecule has 2 aliphatic rings. The molecule has 2 nitrogen and oxygen atoms in total. The van der Waals surface area contributed by atoms with Crippen LogP contribution >= 0.6 is 0 Å². The molecule has 0 amide bonds. The Morgan fingerprint density at radius 1 is 1.20 bits per heavy atom. The molecule has 0 atom stereocenters. The Balaban J connectivity index is 2.78. The Kier molecular flexibility index (Phi) is 0.947. The van der Waals surface area contributed by atoms with Crippen molar-refractivity contribution in [2.24, 2.45) is 0 Å². The van der Waals surface area contributed by atoms with Gasteiger partial charge in [0.25, 0.3) is 0 Å². The zero-order valence-corrected chi connectivity index (χ0v) is 5.33. The molecule has 0 saturated heterocycles. The Hall–Kier alpha value is -1.44. The van der Waals surface area contributed by atoms with E-state index in [0.717, 1.165) is 11.1 Å². The average molecular weight is 133 g/mol. The second-order valence-corrected chi connectivity index (χ2v) is 2.23. The van der Waals surface area contributed by atoms with Crippen molar-refractivity contribution in [1.29, 1.82) is 0 Å². The SMILES string of the molecule is Oc1ccc2c[nH]ccc1-2. The maximum absolute atomic E-state index is 9.20. The molecule has 10 heavy (non-hydrogen) atoms. The summed E-state index contributed by atoms with van der Waals surface area (Å²) in [5.74, 6) is 0.351. The van der Waals surface area contributed by atoms with Gasteiger partial charge in [-0.15, -0.1) is 0 Å². The van der Waals surface area contributed by atoms with Crippen LogP contribution in [0.15, 0.2) is 30.6 Å². The zero-order valence-electron chi connectivity index (χ0n) is 5.33. The number of rotatable bonds is 0. The van der Waals surface area contributed by atoms with Crippen molar-refractivity contribution in [3.8, 4) is 16.9 Å². The molecule has 0 bridgehead atoms. The average Bonchev–Trinajstić information content (AvgIpc) is 2.34. The van der Waals surface area contributed by atoms with Crippen LogP contribution in [0, 0.1) is 0 Å². The molecule has 0 fully saturated rings. The van der Waals surface area contributed by atoms with Gasteiger partial charge in [-0.2, -0.15) is 0 Å². The Bertz CT molecular complexity index is 313. The van der Waals surface area contributed by atoms with Gasteiger partial charge in [-0.25, -0.2) is 0 Å². The predicted molar refractivity (Wildman–Crippen MR) is 39.1 cm³/mol. The second-order valence-electron chi connectivity index (χ2n) is 2.23. The summed E-state index contributed by atoms with van der Waals surface area (Å²) in [6.07, 6.45) is 3.65. The van der Waals surface area contributed by atoms with E-state index in [9.17, 15) is 5.11 Å². The molecule has 2 rings (SSSR count). The smallest absolute Gasteiger partial charge is 0.123 e. The first-order valence-corrected chi connectivity index (χ1v) is 3.12. The number of fused-ring (bicyclic) bond motifs is 1. The quantitative estimate of drug-likeness (QED) is 0.565. The van der Waals surface area contributed by atoms with E-state index >= 15 is 0 Å². The molecule has 2 heteroatoms. The van der Waals surface area contributed by atoms with E-state index in [0.29, 0.717) is 5.75 Å². The lowest BCUT2D eigenvalue weighted by atomic mass is 10.2. The molecule has 1 heterocycles. The van der Waals surface area contributed by atoms with Crippen LogP contribution in [-0.2, 0) is 0 Å². The summed E-state index contributed by atoms with van der Waals surface area (Å²) >= 11 is 0. The summed E-state index contributed by atoms with van der Waals surface area (Å²) in [6.45, 7) is 0. The van der Waals surface area contributed by atoms with Crippen molar-refractivity contribution < 1.29 is 5.11 Å². The number of hydrogen-bond acceptors (Lipinski definition) is 1. The maximum atomic E-state index is 9.20. The van der Waals surface area contributed by atoms with Crippen molar-refractivity contribution >= 4 is 0 Å². The summed E-state index contributed by atoms with van der Waals surface area (Å²) in [5, 5.41) is 9.20. The lowest BCUT2D eigenvalue weighted by Gasteiger charge is -1.95. The van der Waals surface area contributed by atoms with Crippen LogP contribution in [0.1, 0.15) is 0 Å². The lowest BCUT2D eigenvalue weighted by molar-refractivity contribution is 0.479. The van der Waals surface area contributed by atoms with Crippen molar-refractivity contribution in [3.63, 3.8) is 0 Å². The number of pyridine rings is 1. The largest absolute Gasteiger partial charge is 0.507 e. The van der Waals surface area contributed by atoms with Crippen LogP contribution in [0.5, 0.6) is 5.75 Å². The van der Waals surface area contributed by atoms with E-state index in [1.54, 1.807) is 12.3 Å². The molecule has 0 aromatic rings. The van der Waals surface area contributed by atoms with E-state index in [1.165, 1.54) is 0 Å². The summed E-state index contributed by atoms with van der Waals surface area (Å²) in [7, 11) is 0.